The fourth-order valence-electron chi connectivity index (χ4n) is 3.75. The summed E-state index contributed by atoms with van der Waals surface area (Å²) in [6, 6.07) is 3.57. The number of ether oxygens (including phenoxy) is 1. The van der Waals surface area contributed by atoms with Gasteiger partial charge in [0.25, 0.3) is 0 Å². The predicted molar refractivity (Wildman–Crippen MR) is 93.0 cm³/mol. The molecular formula is C17H25ClN4O2. The van der Waals surface area contributed by atoms with Crippen LogP contribution in [-0.2, 0) is 4.74 Å². The standard InChI is InChI=1S/C17H25ClN4O2/c1-17(2,3)24-16(23)22-9-12-5-4-11(13(12)10-22)8-19-15-7-6-14(18)20-21-15/h6-7,11-13H,4-5,8-10H2,1-3H3,(H,19,21). The van der Waals surface area contributed by atoms with E-state index in [-0.39, 0.29) is 6.09 Å². The van der Waals surface area contributed by atoms with Crippen LogP contribution in [0.2, 0.25) is 5.15 Å². The van der Waals surface area contributed by atoms with Crippen LogP contribution in [0.25, 0.3) is 0 Å². The van der Waals surface area contributed by atoms with Crippen LogP contribution in [0.1, 0.15) is 33.6 Å². The number of hydrogen-bond donors (Lipinski definition) is 1. The predicted octanol–water partition coefficient (Wildman–Crippen LogP) is 3.44. The number of fused-ring (bicyclic) bond motifs is 1. The van der Waals surface area contributed by atoms with Gasteiger partial charge in [-0.3, -0.25) is 0 Å². The lowest BCUT2D eigenvalue weighted by atomic mass is 9.92. The van der Waals surface area contributed by atoms with E-state index in [2.05, 4.69) is 15.5 Å². The summed E-state index contributed by atoms with van der Waals surface area (Å²) >= 11 is 5.75. The molecule has 132 valence electrons. The minimum atomic E-state index is -0.441. The van der Waals surface area contributed by atoms with Gasteiger partial charge in [0.2, 0.25) is 0 Å². The highest BCUT2D eigenvalue weighted by Crippen LogP contribution is 2.42. The van der Waals surface area contributed by atoms with Gasteiger partial charge in [-0.2, -0.15) is 0 Å². The van der Waals surface area contributed by atoms with Crippen molar-refractivity contribution in [1.29, 1.82) is 0 Å². The number of halogens is 1. The van der Waals surface area contributed by atoms with Gasteiger partial charge in [-0.25, -0.2) is 4.79 Å². The average molecular weight is 353 g/mol. The number of carbonyl (C=O) groups excluding carboxylic acids is 1. The van der Waals surface area contributed by atoms with Crippen molar-refractivity contribution in [3.8, 4) is 0 Å². The molecule has 1 aliphatic carbocycles. The van der Waals surface area contributed by atoms with E-state index in [0.717, 1.165) is 25.5 Å². The number of anilines is 1. The first-order chi connectivity index (χ1) is 11.3. The Bertz CT molecular complexity index is 587. The van der Waals surface area contributed by atoms with Crippen molar-refractivity contribution in [3.63, 3.8) is 0 Å². The van der Waals surface area contributed by atoms with Crippen molar-refractivity contribution in [2.75, 3.05) is 25.0 Å². The molecule has 0 radical (unpaired) electrons. The molecule has 1 saturated heterocycles. The lowest BCUT2D eigenvalue weighted by Gasteiger charge is -2.25. The van der Waals surface area contributed by atoms with Gasteiger partial charge in [0.1, 0.15) is 11.4 Å². The molecule has 0 bridgehead atoms. The number of nitrogens with zero attached hydrogens (tertiary/aromatic N) is 3. The van der Waals surface area contributed by atoms with E-state index in [9.17, 15) is 4.79 Å². The lowest BCUT2D eigenvalue weighted by Crippen LogP contribution is -2.36. The van der Waals surface area contributed by atoms with Crippen molar-refractivity contribution in [2.24, 2.45) is 17.8 Å². The molecule has 1 aromatic rings. The minimum absolute atomic E-state index is 0.188. The molecule has 3 rings (SSSR count). The maximum absolute atomic E-state index is 12.3. The Balaban J connectivity index is 1.53. The van der Waals surface area contributed by atoms with Crippen molar-refractivity contribution < 1.29 is 9.53 Å². The fourth-order valence-corrected chi connectivity index (χ4v) is 3.85. The normalized spacial score (nSPS) is 26.3. The monoisotopic (exact) mass is 352 g/mol. The molecule has 3 atom stereocenters. The highest BCUT2D eigenvalue weighted by molar-refractivity contribution is 6.29. The second-order valence-electron chi connectivity index (χ2n) is 7.77. The zero-order valence-electron chi connectivity index (χ0n) is 14.5. The number of nitrogens with one attached hydrogen (secondary N) is 1. The Hall–Kier alpha value is -1.56. The molecule has 24 heavy (non-hydrogen) atoms. The maximum Gasteiger partial charge on any atom is 0.410 e. The van der Waals surface area contributed by atoms with Gasteiger partial charge in [0.05, 0.1) is 0 Å². The molecule has 1 aromatic heterocycles. The van der Waals surface area contributed by atoms with Crippen molar-refractivity contribution in [3.05, 3.63) is 17.3 Å². The number of hydrogen-bond acceptors (Lipinski definition) is 5. The van der Waals surface area contributed by atoms with Crippen LogP contribution in [0.5, 0.6) is 0 Å². The highest BCUT2D eigenvalue weighted by atomic mass is 35.5. The third kappa shape index (κ3) is 4.09. The third-order valence-electron chi connectivity index (χ3n) is 4.83. The van der Waals surface area contributed by atoms with E-state index in [1.165, 1.54) is 12.8 Å². The Morgan fingerprint density at radius 3 is 2.79 bits per heavy atom. The first-order valence-electron chi connectivity index (χ1n) is 8.53. The summed E-state index contributed by atoms with van der Waals surface area (Å²) < 4.78 is 5.50. The molecule has 3 unspecified atom stereocenters. The van der Waals surface area contributed by atoms with Gasteiger partial charge in [0.15, 0.2) is 5.15 Å². The number of likely N-dealkylation sites (tertiary alicyclic amines) is 1. The van der Waals surface area contributed by atoms with Gasteiger partial charge in [-0.15, -0.1) is 10.2 Å². The Labute approximate surface area is 147 Å². The van der Waals surface area contributed by atoms with Crippen molar-refractivity contribution >= 4 is 23.5 Å². The topological polar surface area (TPSA) is 67.3 Å². The van der Waals surface area contributed by atoms with Gasteiger partial charge < -0.3 is 15.0 Å². The summed E-state index contributed by atoms with van der Waals surface area (Å²) in [5, 5.41) is 11.6. The summed E-state index contributed by atoms with van der Waals surface area (Å²) in [4.78, 5) is 14.1. The van der Waals surface area contributed by atoms with Crippen LogP contribution in [0.4, 0.5) is 10.6 Å². The van der Waals surface area contributed by atoms with E-state index in [4.69, 9.17) is 16.3 Å². The zero-order chi connectivity index (χ0) is 17.3. The second kappa shape index (κ2) is 6.75. The largest absolute Gasteiger partial charge is 0.444 e. The summed E-state index contributed by atoms with van der Waals surface area (Å²) in [5.74, 6) is 2.40. The third-order valence-corrected chi connectivity index (χ3v) is 5.04. The Morgan fingerprint density at radius 1 is 1.33 bits per heavy atom. The minimum Gasteiger partial charge on any atom is -0.444 e. The molecule has 2 fully saturated rings. The molecule has 2 aliphatic rings. The molecule has 1 N–H and O–H groups in total. The maximum atomic E-state index is 12.3. The quantitative estimate of drug-likeness (QED) is 0.902. The van der Waals surface area contributed by atoms with E-state index in [0.29, 0.717) is 22.9 Å². The summed E-state index contributed by atoms with van der Waals surface area (Å²) in [7, 11) is 0. The summed E-state index contributed by atoms with van der Waals surface area (Å²) in [5.41, 5.74) is -0.441. The molecule has 2 heterocycles. The summed E-state index contributed by atoms with van der Waals surface area (Å²) in [6.45, 7) is 8.17. The van der Waals surface area contributed by atoms with Gasteiger partial charge in [0, 0.05) is 19.6 Å². The van der Waals surface area contributed by atoms with Crippen LogP contribution in [0.3, 0.4) is 0 Å². The SMILES string of the molecule is CC(C)(C)OC(=O)N1CC2CCC(CNc3ccc(Cl)nn3)C2C1. The van der Waals surface area contributed by atoms with E-state index in [1.807, 2.05) is 31.7 Å². The molecule has 1 amide bonds. The first kappa shape index (κ1) is 17.3. The van der Waals surface area contributed by atoms with Crippen LogP contribution >= 0.6 is 11.6 Å². The van der Waals surface area contributed by atoms with E-state index in [1.54, 1.807) is 6.07 Å². The summed E-state index contributed by atoms with van der Waals surface area (Å²) in [6.07, 6.45) is 2.17. The van der Waals surface area contributed by atoms with E-state index >= 15 is 0 Å². The first-order valence-corrected chi connectivity index (χ1v) is 8.90. The number of rotatable bonds is 3. The molecular weight excluding hydrogens is 328 g/mol. The highest BCUT2D eigenvalue weighted by Gasteiger charge is 2.44. The van der Waals surface area contributed by atoms with Crippen LogP contribution in [-0.4, -0.2) is 46.4 Å². The molecule has 0 aromatic carbocycles. The number of aromatic nitrogens is 2. The molecule has 0 spiro atoms. The number of carbonyl (C=O) groups is 1. The number of amides is 1. The lowest BCUT2D eigenvalue weighted by molar-refractivity contribution is 0.0277. The Morgan fingerprint density at radius 2 is 2.12 bits per heavy atom. The average Bonchev–Trinajstić information content (AvgIpc) is 3.06. The van der Waals surface area contributed by atoms with Crippen LogP contribution < -0.4 is 5.32 Å². The fraction of sp³-hybridized carbons (Fsp3) is 0.706. The van der Waals surface area contributed by atoms with Gasteiger partial charge >= 0.3 is 6.09 Å². The van der Waals surface area contributed by atoms with Gasteiger partial charge in [-0.05, 0) is 63.5 Å². The van der Waals surface area contributed by atoms with E-state index < -0.39 is 5.60 Å². The molecule has 1 saturated carbocycles. The van der Waals surface area contributed by atoms with Crippen LogP contribution in [0.15, 0.2) is 12.1 Å². The van der Waals surface area contributed by atoms with Gasteiger partial charge in [-0.1, -0.05) is 11.6 Å². The van der Waals surface area contributed by atoms with Crippen LogP contribution in [0, 0.1) is 17.8 Å². The smallest absolute Gasteiger partial charge is 0.410 e. The van der Waals surface area contributed by atoms with Crippen molar-refractivity contribution in [1.82, 2.24) is 15.1 Å². The molecule has 7 heteroatoms. The molecule has 6 nitrogen and oxygen atoms in total. The second-order valence-corrected chi connectivity index (χ2v) is 8.16. The zero-order valence-corrected chi connectivity index (χ0v) is 15.2. The van der Waals surface area contributed by atoms with Crippen molar-refractivity contribution in [2.45, 2.75) is 39.2 Å². The molecule has 1 aliphatic heterocycles. The Kier molecular flexibility index (Phi) is 4.85.